The van der Waals surface area contributed by atoms with E-state index in [0.29, 0.717) is 30.1 Å². The molecule has 32 heavy (non-hydrogen) atoms. The van der Waals surface area contributed by atoms with Gasteiger partial charge in [0, 0.05) is 38.1 Å². The van der Waals surface area contributed by atoms with Crippen LogP contribution in [0.15, 0.2) is 28.5 Å². The highest BCUT2D eigenvalue weighted by Crippen LogP contribution is 2.26. The molecule has 176 valence electrons. The molecular formula is C22H31ClN4O3S2. The number of hydrogen-bond acceptors (Lipinski definition) is 6. The number of carbonyl (C=O) groups is 1. The van der Waals surface area contributed by atoms with Crippen LogP contribution in [0.3, 0.4) is 0 Å². The lowest BCUT2D eigenvalue weighted by Gasteiger charge is -2.34. The Labute approximate surface area is 199 Å². The van der Waals surface area contributed by atoms with Gasteiger partial charge in [-0.05, 0) is 36.5 Å². The Morgan fingerprint density at radius 2 is 1.91 bits per heavy atom. The van der Waals surface area contributed by atoms with Crippen LogP contribution in [0, 0.1) is 11.8 Å². The fourth-order valence-electron chi connectivity index (χ4n) is 4.30. The third kappa shape index (κ3) is 5.88. The van der Waals surface area contributed by atoms with Gasteiger partial charge in [0.25, 0.3) is 5.91 Å². The zero-order valence-electron chi connectivity index (χ0n) is 19.0. The van der Waals surface area contributed by atoms with E-state index in [9.17, 15) is 13.2 Å². The molecule has 2 aromatic rings. The van der Waals surface area contributed by atoms with Crippen molar-refractivity contribution in [2.45, 2.75) is 45.6 Å². The highest BCUT2D eigenvalue weighted by molar-refractivity contribution is 7.89. The topological polar surface area (TPSA) is 82.6 Å². The zero-order chi connectivity index (χ0) is 23.5. The summed E-state index contributed by atoms with van der Waals surface area (Å²) in [4.78, 5) is 19.9. The van der Waals surface area contributed by atoms with Gasteiger partial charge in [0.15, 0.2) is 5.13 Å². The number of aromatic nitrogens is 1. The van der Waals surface area contributed by atoms with E-state index >= 15 is 0 Å². The van der Waals surface area contributed by atoms with Crippen molar-refractivity contribution in [1.29, 1.82) is 0 Å². The molecule has 1 saturated heterocycles. The first kappa shape index (κ1) is 25.1. The Morgan fingerprint density at radius 1 is 1.25 bits per heavy atom. The summed E-state index contributed by atoms with van der Waals surface area (Å²) in [5, 5.41) is 5.37. The molecule has 1 aromatic heterocycles. The van der Waals surface area contributed by atoms with Gasteiger partial charge in [-0.1, -0.05) is 39.3 Å². The van der Waals surface area contributed by atoms with E-state index in [-0.39, 0.29) is 15.5 Å². The lowest BCUT2D eigenvalue weighted by atomic mass is 9.92. The quantitative estimate of drug-likeness (QED) is 0.577. The van der Waals surface area contributed by atoms with Gasteiger partial charge in [-0.25, -0.2) is 13.4 Å². The monoisotopic (exact) mass is 498 g/mol. The molecule has 0 saturated carbocycles. The molecule has 0 spiro atoms. The number of likely N-dealkylation sites (tertiary alicyclic amines) is 1. The van der Waals surface area contributed by atoms with Crippen LogP contribution < -0.4 is 5.32 Å². The average molecular weight is 499 g/mol. The summed E-state index contributed by atoms with van der Waals surface area (Å²) in [7, 11) is -3.69. The number of anilines is 1. The average Bonchev–Trinajstić information content (AvgIpc) is 3.14. The molecule has 1 aliphatic heterocycles. The number of benzene rings is 1. The number of amides is 1. The molecule has 0 bridgehead atoms. The van der Waals surface area contributed by atoms with Crippen molar-refractivity contribution in [3.63, 3.8) is 0 Å². The fourth-order valence-corrected chi connectivity index (χ4v) is 6.69. The van der Waals surface area contributed by atoms with Crippen molar-refractivity contribution in [3.8, 4) is 0 Å². The smallest absolute Gasteiger partial charge is 0.259 e. The second-order valence-corrected chi connectivity index (χ2v) is 11.7. The van der Waals surface area contributed by atoms with Gasteiger partial charge >= 0.3 is 0 Å². The van der Waals surface area contributed by atoms with Crippen LogP contribution in [0.2, 0.25) is 5.02 Å². The SMILES string of the molecule is CCN(CC)S(=O)(=O)c1ccc(Cl)c(C(=O)Nc2nc(CN3C[C@H](C)C[C@H](C)C3)cs2)c1. The molecule has 1 aliphatic rings. The van der Waals surface area contributed by atoms with Crippen molar-refractivity contribution in [1.82, 2.24) is 14.2 Å². The van der Waals surface area contributed by atoms with Crippen LogP contribution in [-0.4, -0.2) is 54.7 Å². The Morgan fingerprint density at radius 3 is 2.53 bits per heavy atom. The van der Waals surface area contributed by atoms with E-state index in [1.165, 1.54) is 40.3 Å². The molecule has 3 rings (SSSR count). The van der Waals surface area contributed by atoms with Crippen LogP contribution in [0.5, 0.6) is 0 Å². The van der Waals surface area contributed by atoms with Gasteiger partial charge in [0.05, 0.1) is 21.2 Å². The van der Waals surface area contributed by atoms with Gasteiger partial charge in [-0.3, -0.25) is 15.0 Å². The molecule has 0 radical (unpaired) electrons. The lowest BCUT2D eigenvalue weighted by Crippen LogP contribution is -2.38. The maximum atomic E-state index is 12.9. The second kappa shape index (κ2) is 10.6. The zero-order valence-corrected chi connectivity index (χ0v) is 21.4. The number of nitrogens with one attached hydrogen (secondary N) is 1. The molecule has 10 heteroatoms. The predicted molar refractivity (Wildman–Crippen MR) is 130 cm³/mol. The minimum absolute atomic E-state index is 0.0453. The largest absolute Gasteiger partial charge is 0.298 e. The van der Waals surface area contributed by atoms with E-state index in [2.05, 4.69) is 29.0 Å². The third-order valence-electron chi connectivity index (χ3n) is 5.63. The third-order valence-corrected chi connectivity index (χ3v) is 8.81. The number of carbonyl (C=O) groups excluding carboxylic acids is 1. The molecule has 1 N–H and O–H groups in total. The van der Waals surface area contributed by atoms with Crippen LogP contribution in [0.4, 0.5) is 5.13 Å². The molecule has 2 heterocycles. The van der Waals surface area contributed by atoms with Crippen LogP contribution in [-0.2, 0) is 16.6 Å². The van der Waals surface area contributed by atoms with Crippen molar-refractivity contribution in [3.05, 3.63) is 39.9 Å². The first-order valence-corrected chi connectivity index (χ1v) is 13.6. The minimum Gasteiger partial charge on any atom is -0.298 e. The van der Waals surface area contributed by atoms with Crippen molar-refractivity contribution >= 4 is 44.0 Å². The number of halogens is 1. The number of sulfonamides is 1. The van der Waals surface area contributed by atoms with Crippen molar-refractivity contribution < 1.29 is 13.2 Å². The summed E-state index contributed by atoms with van der Waals surface area (Å²) < 4.78 is 27.0. The second-order valence-electron chi connectivity index (χ2n) is 8.47. The summed E-state index contributed by atoms with van der Waals surface area (Å²) in [5.74, 6) is 0.852. The summed E-state index contributed by atoms with van der Waals surface area (Å²) >= 11 is 7.57. The van der Waals surface area contributed by atoms with E-state index in [1.54, 1.807) is 13.8 Å². The van der Waals surface area contributed by atoms with E-state index < -0.39 is 15.9 Å². The number of nitrogens with zero attached hydrogens (tertiary/aromatic N) is 3. The summed E-state index contributed by atoms with van der Waals surface area (Å²) in [6.45, 7) is 11.6. The molecule has 1 fully saturated rings. The first-order valence-electron chi connectivity index (χ1n) is 10.9. The summed E-state index contributed by atoms with van der Waals surface area (Å²) in [5.41, 5.74) is 1.02. The van der Waals surface area contributed by atoms with Crippen molar-refractivity contribution in [2.24, 2.45) is 11.8 Å². The van der Waals surface area contributed by atoms with E-state index in [0.717, 1.165) is 25.3 Å². The fraction of sp³-hybridized carbons (Fsp3) is 0.545. The molecular weight excluding hydrogens is 468 g/mol. The Bertz CT molecular complexity index is 1040. The highest BCUT2D eigenvalue weighted by Gasteiger charge is 2.25. The lowest BCUT2D eigenvalue weighted by molar-refractivity contribution is 0.102. The van der Waals surface area contributed by atoms with Crippen LogP contribution in [0.1, 0.15) is 50.2 Å². The van der Waals surface area contributed by atoms with Crippen molar-refractivity contribution in [2.75, 3.05) is 31.5 Å². The summed E-state index contributed by atoms with van der Waals surface area (Å²) in [6.07, 6.45) is 1.25. The summed E-state index contributed by atoms with van der Waals surface area (Å²) in [6, 6.07) is 4.20. The standard InChI is InChI=1S/C22H31ClN4O3S2/c1-5-27(6-2)32(29,30)18-7-8-20(23)19(10-18)21(28)25-22-24-17(14-31-22)13-26-11-15(3)9-16(4)12-26/h7-8,10,14-16H,5-6,9,11-13H2,1-4H3,(H,24,25,28)/t15-,16+. The number of rotatable bonds is 8. The van der Waals surface area contributed by atoms with Crippen LogP contribution in [0.25, 0.3) is 0 Å². The first-order chi connectivity index (χ1) is 15.1. The predicted octanol–water partition coefficient (Wildman–Crippen LogP) is 4.56. The maximum Gasteiger partial charge on any atom is 0.259 e. The Balaban J connectivity index is 1.73. The molecule has 2 atom stereocenters. The van der Waals surface area contributed by atoms with Gasteiger partial charge in [-0.2, -0.15) is 4.31 Å². The molecule has 1 amide bonds. The van der Waals surface area contributed by atoms with Gasteiger partial charge in [-0.15, -0.1) is 11.3 Å². The molecule has 0 unspecified atom stereocenters. The van der Waals surface area contributed by atoms with Gasteiger partial charge in [0.2, 0.25) is 10.0 Å². The minimum atomic E-state index is -3.69. The maximum absolute atomic E-state index is 12.9. The van der Waals surface area contributed by atoms with Gasteiger partial charge in [0.1, 0.15) is 0 Å². The Hall–Kier alpha value is -1.52. The number of thiazole rings is 1. The number of piperidine rings is 1. The van der Waals surface area contributed by atoms with Gasteiger partial charge < -0.3 is 0 Å². The molecule has 0 aliphatic carbocycles. The molecule has 7 nitrogen and oxygen atoms in total. The highest BCUT2D eigenvalue weighted by atomic mass is 35.5. The normalized spacial score (nSPS) is 19.9. The molecule has 1 aromatic carbocycles. The Kier molecular flexibility index (Phi) is 8.32. The number of hydrogen-bond donors (Lipinski definition) is 1. The van der Waals surface area contributed by atoms with E-state index in [4.69, 9.17) is 11.6 Å². The van der Waals surface area contributed by atoms with Crippen LogP contribution >= 0.6 is 22.9 Å². The van der Waals surface area contributed by atoms with E-state index in [1.807, 2.05) is 5.38 Å².